The zero-order chi connectivity index (χ0) is 11.8. The lowest BCUT2D eigenvalue weighted by molar-refractivity contribution is 0.124. The molecule has 0 aromatic carbocycles. The van der Waals surface area contributed by atoms with Crippen molar-refractivity contribution < 1.29 is 4.74 Å². The average Bonchev–Trinajstić information content (AvgIpc) is 2.78. The molecule has 92 valence electrons. The van der Waals surface area contributed by atoms with Crippen LogP contribution in [0.3, 0.4) is 0 Å². The van der Waals surface area contributed by atoms with Gasteiger partial charge in [0, 0.05) is 16.4 Å². The minimum Gasteiger partial charge on any atom is -0.380 e. The smallest absolute Gasteiger partial charge is 0.0669 e. The molecule has 0 aliphatic carbocycles. The molecule has 1 unspecified atom stereocenters. The highest BCUT2D eigenvalue weighted by atomic mass is 32.1. The Labute approximate surface area is 103 Å². The zero-order valence-corrected chi connectivity index (χ0v) is 11.4. The van der Waals surface area contributed by atoms with Crippen LogP contribution in [0.15, 0.2) is 12.1 Å². The lowest BCUT2D eigenvalue weighted by atomic mass is 10.2. The third kappa shape index (κ3) is 4.24. The molecule has 0 aliphatic rings. The third-order valence-electron chi connectivity index (χ3n) is 2.50. The molecule has 1 N–H and O–H groups in total. The normalized spacial score (nSPS) is 12.9. The SMILES string of the molecule is CCCNC(COCC)c1ccc(CC)s1. The van der Waals surface area contributed by atoms with Gasteiger partial charge in [-0.25, -0.2) is 0 Å². The monoisotopic (exact) mass is 241 g/mol. The number of ether oxygens (including phenoxy) is 1. The summed E-state index contributed by atoms with van der Waals surface area (Å²) in [6.07, 6.45) is 2.29. The first-order valence-electron chi connectivity index (χ1n) is 6.21. The standard InChI is InChI=1S/C13H23NOS/c1-4-9-14-12(10-15-6-3)13-8-7-11(5-2)16-13/h7-8,12,14H,4-6,9-10H2,1-3H3. The summed E-state index contributed by atoms with van der Waals surface area (Å²) in [7, 11) is 0. The number of hydrogen-bond donors (Lipinski definition) is 1. The highest BCUT2D eigenvalue weighted by Crippen LogP contribution is 2.24. The molecule has 0 spiro atoms. The molecular formula is C13H23NOS. The van der Waals surface area contributed by atoms with E-state index in [2.05, 4.69) is 31.3 Å². The van der Waals surface area contributed by atoms with Gasteiger partial charge in [-0.1, -0.05) is 13.8 Å². The molecule has 1 aromatic heterocycles. The Hall–Kier alpha value is -0.380. The molecule has 2 nitrogen and oxygen atoms in total. The van der Waals surface area contributed by atoms with Crippen molar-refractivity contribution in [3.05, 3.63) is 21.9 Å². The molecule has 1 rings (SSSR count). The van der Waals surface area contributed by atoms with Crippen LogP contribution in [-0.4, -0.2) is 19.8 Å². The average molecular weight is 241 g/mol. The van der Waals surface area contributed by atoms with Crippen molar-refractivity contribution >= 4 is 11.3 Å². The van der Waals surface area contributed by atoms with Gasteiger partial charge in [0.05, 0.1) is 12.6 Å². The Morgan fingerprint density at radius 1 is 1.31 bits per heavy atom. The van der Waals surface area contributed by atoms with Crippen molar-refractivity contribution in [1.29, 1.82) is 0 Å². The lowest BCUT2D eigenvalue weighted by Crippen LogP contribution is -2.25. The zero-order valence-electron chi connectivity index (χ0n) is 10.6. The van der Waals surface area contributed by atoms with Crippen LogP contribution in [-0.2, 0) is 11.2 Å². The summed E-state index contributed by atoms with van der Waals surface area (Å²) in [5, 5.41) is 3.54. The van der Waals surface area contributed by atoms with E-state index in [1.165, 1.54) is 9.75 Å². The minimum absolute atomic E-state index is 0.366. The van der Waals surface area contributed by atoms with Gasteiger partial charge in [-0.2, -0.15) is 0 Å². The van der Waals surface area contributed by atoms with E-state index in [-0.39, 0.29) is 0 Å². The molecule has 0 bridgehead atoms. The summed E-state index contributed by atoms with van der Waals surface area (Å²) in [6, 6.07) is 4.83. The quantitative estimate of drug-likeness (QED) is 0.753. The second-order valence-corrected chi connectivity index (χ2v) is 5.02. The van der Waals surface area contributed by atoms with Gasteiger partial charge in [0.1, 0.15) is 0 Å². The summed E-state index contributed by atoms with van der Waals surface area (Å²) in [4.78, 5) is 2.86. The number of aryl methyl sites for hydroxylation is 1. The Morgan fingerprint density at radius 2 is 2.12 bits per heavy atom. The Morgan fingerprint density at radius 3 is 2.69 bits per heavy atom. The van der Waals surface area contributed by atoms with Crippen LogP contribution in [0.1, 0.15) is 43.0 Å². The molecule has 0 saturated carbocycles. The van der Waals surface area contributed by atoms with Crippen LogP contribution in [0.4, 0.5) is 0 Å². The number of hydrogen-bond acceptors (Lipinski definition) is 3. The topological polar surface area (TPSA) is 21.3 Å². The molecule has 1 aromatic rings. The van der Waals surface area contributed by atoms with Gasteiger partial charge in [0.15, 0.2) is 0 Å². The van der Waals surface area contributed by atoms with Crippen LogP contribution >= 0.6 is 11.3 Å². The van der Waals surface area contributed by atoms with E-state index in [0.29, 0.717) is 6.04 Å². The van der Waals surface area contributed by atoms with Crippen LogP contribution < -0.4 is 5.32 Å². The van der Waals surface area contributed by atoms with E-state index < -0.39 is 0 Å². The Kier molecular flexibility index (Phi) is 6.69. The maximum absolute atomic E-state index is 5.53. The molecule has 0 fully saturated rings. The van der Waals surface area contributed by atoms with Crippen LogP contribution in [0, 0.1) is 0 Å². The minimum atomic E-state index is 0.366. The molecule has 0 amide bonds. The van der Waals surface area contributed by atoms with E-state index in [1.54, 1.807) is 0 Å². The largest absolute Gasteiger partial charge is 0.380 e. The Balaban J connectivity index is 2.58. The van der Waals surface area contributed by atoms with Crippen molar-refractivity contribution in [2.75, 3.05) is 19.8 Å². The molecule has 3 heteroatoms. The van der Waals surface area contributed by atoms with Crippen molar-refractivity contribution in [2.45, 2.75) is 39.7 Å². The highest BCUT2D eigenvalue weighted by Gasteiger charge is 2.12. The maximum atomic E-state index is 5.53. The number of thiophene rings is 1. The fourth-order valence-corrected chi connectivity index (χ4v) is 2.58. The first-order chi connectivity index (χ1) is 7.81. The first-order valence-corrected chi connectivity index (χ1v) is 7.03. The molecule has 16 heavy (non-hydrogen) atoms. The number of nitrogens with one attached hydrogen (secondary N) is 1. The van der Waals surface area contributed by atoms with Crippen molar-refractivity contribution in [3.63, 3.8) is 0 Å². The lowest BCUT2D eigenvalue weighted by Gasteiger charge is -2.16. The Bertz CT molecular complexity index is 277. The summed E-state index contributed by atoms with van der Waals surface area (Å²) in [5.74, 6) is 0. The molecule has 1 atom stereocenters. The van der Waals surface area contributed by atoms with Gasteiger partial charge in [-0.05, 0) is 38.4 Å². The van der Waals surface area contributed by atoms with Crippen LogP contribution in [0.2, 0.25) is 0 Å². The second kappa shape index (κ2) is 7.82. The van der Waals surface area contributed by atoms with Crippen molar-refractivity contribution in [1.82, 2.24) is 5.32 Å². The van der Waals surface area contributed by atoms with Gasteiger partial charge in [0.2, 0.25) is 0 Å². The fourth-order valence-electron chi connectivity index (χ4n) is 1.57. The first kappa shape index (κ1) is 13.7. The maximum Gasteiger partial charge on any atom is 0.0669 e. The third-order valence-corrected chi connectivity index (χ3v) is 3.85. The number of rotatable bonds is 8. The van der Waals surface area contributed by atoms with Gasteiger partial charge in [-0.3, -0.25) is 0 Å². The molecular weight excluding hydrogens is 218 g/mol. The summed E-state index contributed by atoms with van der Waals surface area (Å²) < 4.78 is 5.53. The van der Waals surface area contributed by atoms with E-state index in [1.807, 2.05) is 18.3 Å². The fraction of sp³-hybridized carbons (Fsp3) is 0.692. The predicted molar refractivity (Wildman–Crippen MR) is 71.2 cm³/mol. The van der Waals surface area contributed by atoms with Crippen LogP contribution in [0.25, 0.3) is 0 Å². The second-order valence-electron chi connectivity index (χ2n) is 3.82. The molecule has 0 aliphatic heterocycles. The summed E-state index contributed by atoms with van der Waals surface area (Å²) in [5.41, 5.74) is 0. The van der Waals surface area contributed by atoms with E-state index in [0.717, 1.165) is 32.6 Å². The van der Waals surface area contributed by atoms with Gasteiger partial charge in [0.25, 0.3) is 0 Å². The van der Waals surface area contributed by atoms with Gasteiger partial charge >= 0.3 is 0 Å². The van der Waals surface area contributed by atoms with Gasteiger partial charge in [-0.15, -0.1) is 11.3 Å². The van der Waals surface area contributed by atoms with E-state index >= 15 is 0 Å². The predicted octanol–water partition coefficient (Wildman–Crippen LogP) is 3.39. The molecule has 0 radical (unpaired) electrons. The van der Waals surface area contributed by atoms with E-state index in [4.69, 9.17) is 4.74 Å². The van der Waals surface area contributed by atoms with Gasteiger partial charge < -0.3 is 10.1 Å². The van der Waals surface area contributed by atoms with Crippen molar-refractivity contribution in [3.8, 4) is 0 Å². The van der Waals surface area contributed by atoms with Crippen LogP contribution in [0.5, 0.6) is 0 Å². The highest BCUT2D eigenvalue weighted by molar-refractivity contribution is 7.12. The summed E-state index contributed by atoms with van der Waals surface area (Å²) >= 11 is 1.90. The van der Waals surface area contributed by atoms with E-state index in [9.17, 15) is 0 Å². The summed E-state index contributed by atoms with van der Waals surface area (Å²) in [6.45, 7) is 9.06. The molecule has 1 heterocycles. The van der Waals surface area contributed by atoms with Crippen molar-refractivity contribution in [2.24, 2.45) is 0 Å². The molecule has 0 saturated heterocycles.